The molecule has 0 saturated heterocycles. The highest BCUT2D eigenvalue weighted by Crippen LogP contribution is 2.30. The Balaban J connectivity index is 1.33. The Morgan fingerprint density at radius 1 is 0.917 bits per heavy atom. The third-order valence-corrected chi connectivity index (χ3v) is 5.79. The van der Waals surface area contributed by atoms with E-state index in [0.29, 0.717) is 29.3 Å². The molecule has 0 aliphatic rings. The number of aromatic nitrogens is 3. The van der Waals surface area contributed by atoms with E-state index in [2.05, 4.69) is 15.3 Å². The Bertz CT molecular complexity index is 1560. The average molecular weight is 497 g/mol. The predicted octanol–water partition coefficient (Wildman–Crippen LogP) is 5.84. The first-order valence-corrected chi connectivity index (χ1v) is 11.6. The summed E-state index contributed by atoms with van der Waals surface area (Å²) in [6.07, 6.45) is 3.96. The number of esters is 1. The van der Waals surface area contributed by atoms with Crippen molar-refractivity contribution >= 4 is 39.9 Å². The largest absolute Gasteiger partial charge is 0.419 e. The maximum absolute atomic E-state index is 12.7. The van der Waals surface area contributed by atoms with Gasteiger partial charge in [-0.1, -0.05) is 54.1 Å². The second-order valence-corrected chi connectivity index (χ2v) is 8.52. The lowest BCUT2D eigenvalue weighted by Crippen LogP contribution is -2.12. The number of ether oxygens (including phenoxy) is 1. The number of nitrogens with zero attached hydrogens (tertiary/aromatic N) is 3. The van der Waals surface area contributed by atoms with Gasteiger partial charge in [-0.25, -0.2) is 9.97 Å². The third-order valence-electron chi connectivity index (χ3n) is 5.53. The number of carbonyl (C=O) groups excluding carboxylic acids is 2. The first-order valence-electron chi connectivity index (χ1n) is 11.2. The summed E-state index contributed by atoms with van der Waals surface area (Å²) in [6, 6.07) is 24.6. The Morgan fingerprint density at radius 3 is 2.36 bits per heavy atom. The number of hydrogen-bond donors (Lipinski definition) is 1. The van der Waals surface area contributed by atoms with Crippen molar-refractivity contribution in [2.24, 2.45) is 0 Å². The van der Waals surface area contributed by atoms with Crippen LogP contribution in [0.4, 0.5) is 5.69 Å². The van der Waals surface area contributed by atoms with Gasteiger partial charge in [0.25, 0.3) is 5.91 Å². The van der Waals surface area contributed by atoms with E-state index < -0.39 is 5.97 Å². The van der Waals surface area contributed by atoms with Crippen molar-refractivity contribution in [1.29, 1.82) is 0 Å². The normalized spacial score (nSPS) is 10.8. The SMILES string of the molecule is CC(=O)Oc1c(Cl)nc(Cc2ccc(NC(=O)c3ccc4ccccc4c3)cc2)nc1-n1cccc1. The predicted molar refractivity (Wildman–Crippen MR) is 139 cm³/mol. The maximum atomic E-state index is 12.7. The molecule has 0 aliphatic heterocycles. The number of benzene rings is 3. The van der Waals surface area contributed by atoms with Crippen LogP contribution in [0.2, 0.25) is 5.15 Å². The van der Waals surface area contributed by atoms with Gasteiger partial charge in [0.1, 0.15) is 5.82 Å². The van der Waals surface area contributed by atoms with Gasteiger partial charge in [-0.3, -0.25) is 9.59 Å². The lowest BCUT2D eigenvalue weighted by atomic mass is 10.1. The molecular formula is C28H21ClN4O3. The molecule has 8 heteroatoms. The Labute approximate surface area is 212 Å². The van der Waals surface area contributed by atoms with E-state index in [1.807, 2.05) is 78.9 Å². The van der Waals surface area contributed by atoms with E-state index in [1.165, 1.54) is 6.92 Å². The van der Waals surface area contributed by atoms with E-state index in [0.717, 1.165) is 16.3 Å². The van der Waals surface area contributed by atoms with E-state index >= 15 is 0 Å². The maximum Gasteiger partial charge on any atom is 0.308 e. The smallest absolute Gasteiger partial charge is 0.308 e. The molecule has 1 amide bonds. The van der Waals surface area contributed by atoms with Crippen molar-refractivity contribution in [2.45, 2.75) is 13.3 Å². The molecule has 1 N–H and O–H groups in total. The molecule has 0 aliphatic carbocycles. The zero-order valence-electron chi connectivity index (χ0n) is 19.3. The van der Waals surface area contributed by atoms with E-state index in [4.69, 9.17) is 16.3 Å². The summed E-state index contributed by atoms with van der Waals surface area (Å²) in [6.45, 7) is 1.30. The van der Waals surface area contributed by atoms with E-state index in [1.54, 1.807) is 17.0 Å². The molecule has 0 spiro atoms. The minimum Gasteiger partial charge on any atom is -0.419 e. The number of rotatable bonds is 6. The van der Waals surface area contributed by atoms with Crippen molar-refractivity contribution in [3.05, 3.63) is 113 Å². The van der Waals surface area contributed by atoms with Crippen LogP contribution < -0.4 is 10.1 Å². The molecular weight excluding hydrogens is 476 g/mol. The van der Waals surface area contributed by atoms with Crippen LogP contribution in [0, 0.1) is 0 Å². The molecule has 7 nitrogen and oxygen atoms in total. The number of anilines is 1. The number of carbonyl (C=O) groups is 2. The molecule has 178 valence electrons. The lowest BCUT2D eigenvalue weighted by molar-refractivity contribution is -0.131. The molecule has 2 heterocycles. The first-order chi connectivity index (χ1) is 17.5. The second kappa shape index (κ2) is 10.0. The zero-order chi connectivity index (χ0) is 25.1. The van der Waals surface area contributed by atoms with Crippen molar-refractivity contribution in [3.63, 3.8) is 0 Å². The minimum atomic E-state index is -0.511. The van der Waals surface area contributed by atoms with E-state index in [9.17, 15) is 9.59 Å². The van der Waals surface area contributed by atoms with Gasteiger partial charge >= 0.3 is 5.97 Å². The number of hydrogen-bond acceptors (Lipinski definition) is 5. The average Bonchev–Trinajstić information content (AvgIpc) is 3.41. The molecule has 36 heavy (non-hydrogen) atoms. The monoisotopic (exact) mass is 496 g/mol. The molecule has 3 aromatic carbocycles. The number of fused-ring (bicyclic) bond motifs is 1. The van der Waals surface area contributed by atoms with Crippen LogP contribution in [0.25, 0.3) is 16.6 Å². The van der Waals surface area contributed by atoms with Gasteiger partial charge in [0.05, 0.1) is 0 Å². The fourth-order valence-electron chi connectivity index (χ4n) is 3.84. The molecule has 0 radical (unpaired) electrons. The fraction of sp³-hybridized carbons (Fsp3) is 0.0714. The van der Waals surface area contributed by atoms with Crippen LogP contribution in [0.5, 0.6) is 5.75 Å². The first kappa shape index (κ1) is 23.3. The van der Waals surface area contributed by atoms with Crippen molar-refractivity contribution < 1.29 is 14.3 Å². The van der Waals surface area contributed by atoms with Crippen LogP contribution in [-0.2, 0) is 11.2 Å². The Kier molecular flexibility index (Phi) is 6.47. The number of nitrogens with one attached hydrogen (secondary N) is 1. The van der Waals surface area contributed by atoms with Gasteiger partial charge in [0.15, 0.2) is 11.0 Å². The summed E-state index contributed by atoms with van der Waals surface area (Å²) in [5.41, 5.74) is 2.19. The number of halogens is 1. The summed E-state index contributed by atoms with van der Waals surface area (Å²) in [4.78, 5) is 33.2. The molecule has 5 aromatic rings. The van der Waals surface area contributed by atoms with Gasteiger partial charge in [-0.2, -0.15) is 0 Å². The van der Waals surface area contributed by atoms with Crippen molar-refractivity contribution in [1.82, 2.24) is 14.5 Å². The van der Waals surface area contributed by atoms with Gasteiger partial charge < -0.3 is 14.6 Å². The Hall–Kier alpha value is -4.49. The van der Waals surface area contributed by atoms with Gasteiger partial charge in [0, 0.05) is 37.0 Å². The standard InChI is InChI=1S/C28H21ClN4O3/c1-18(34)36-25-26(29)31-24(32-27(25)33-14-4-5-15-33)16-19-8-12-23(13-9-19)30-28(35)22-11-10-20-6-2-3-7-21(20)17-22/h2-15,17H,16H2,1H3,(H,30,35). The highest BCUT2D eigenvalue weighted by Gasteiger charge is 2.18. The Morgan fingerprint density at radius 2 is 1.64 bits per heavy atom. The number of amides is 1. The molecule has 0 bridgehead atoms. The van der Waals surface area contributed by atoms with Crippen LogP contribution in [0.15, 0.2) is 91.3 Å². The van der Waals surface area contributed by atoms with Gasteiger partial charge in [-0.05, 0) is 52.7 Å². The van der Waals surface area contributed by atoms with Crippen LogP contribution in [0.1, 0.15) is 28.7 Å². The van der Waals surface area contributed by atoms with Gasteiger partial charge in [0.2, 0.25) is 5.75 Å². The van der Waals surface area contributed by atoms with Crippen LogP contribution >= 0.6 is 11.6 Å². The highest BCUT2D eigenvalue weighted by molar-refractivity contribution is 6.31. The van der Waals surface area contributed by atoms with Gasteiger partial charge in [-0.15, -0.1) is 0 Å². The summed E-state index contributed by atoms with van der Waals surface area (Å²) in [5, 5.41) is 5.08. The summed E-state index contributed by atoms with van der Waals surface area (Å²) < 4.78 is 6.97. The molecule has 2 aromatic heterocycles. The molecule has 0 fully saturated rings. The topological polar surface area (TPSA) is 86.1 Å². The summed E-state index contributed by atoms with van der Waals surface area (Å²) in [7, 11) is 0. The van der Waals surface area contributed by atoms with Crippen LogP contribution in [0.3, 0.4) is 0 Å². The quantitative estimate of drug-likeness (QED) is 0.236. The molecule has 0 saturated carbocycles. The third kappa shape index (κ3) is 5.11. The summed E-state index contributed by atoms with van der Waals surface area (Å²) in [5.74, 6) is 0.261. The molecule has 0 unspecified atom stereocenters. The fourth-order valence-corrected chi connectivity index (χ4v) is 4.06. The minimum absolute atomic E-state index is 0.0539. The van der Waals surface area contributed by atoms with Crippen molar-refractivity contribution in [2.75, 3.05) is 5.32 Å². The van der Waals surface area contributed by atoms with E-state index in [-0.39, 0.29) is 16.8 Å². The second-order valence-electron chi connectivity index (χ2n) is 8.16. The van der Waals surface area contributed by atoms with Crippen LogP contribution in [-0.4, -0.2) is 26.4 Å². The van der Waals surface area contributed by atoms with Crippen molar-refractivity contribution in [3.8, 4) is 11.6 Å². The lowest BCUT2D eigenvalue weighted by Gasteiger charge is -2.12. The zero-order valence-corrected chi connectivity index (χ0v) is 20.1. The highest BCUT2D eigenvalue weighted by atomic mass is 35.5. The molecule has 0 atom stereocenters. The summed E-state index contributed by atoms with van der Waals surface area (Å²) >= 11 is 6.35. The molecule has 5 rings (SSSR count).